The molecule has 0 bridgehead atoms. The number of rotatable bonds is 8. The summed E-state index contributed by atoms with van der Waals surface area (Å²) >= 11 is 3.60. The third-order valence-corrected chi connectivity index (χ3v) is 5.33. The Morgan fingerprint density at radius 1 is 1.07 bits per heavy atom. The minimum atomic E-state index is 0.000478. The topological polar surface area (TPSA) is 49.0 Å². The quantitative estimate of drug-likeness (QED) is 0.588. The summed E-state index contributed by atoms with van der Waals surface area (Å²) in [5.41, 5.74) is 3.49. The molecule has 0 unspecified atom stereocenters. The summed E-state index contributed by atoms with van der Waals surface area (Å²) in [5.74, 6) is 5.28. The number of hydrogen-bond donors (Lipinski definition) is 1. The SMILES string of the molecule is C#CCOc1c(Br)cc([C@H]2NCCc3cc(OCC)c(OCC)cc32)cc1OC. The Hall–Kier alpha value is -2.36. The Kier molecular flexibility index (Phi) is 7.29. The zero-order valence-electron chi connectivity index (χ0n) is 17.0. The molecule has 0 radical (unpaired) electrons. The van der Waals surface area contributed by atoms with Gasteiger partial charge in [0.1, 0.15) is 6.61 Å². The lowest BCUT2D eigenvalue weighted by Crippen LogP contribution is -2.30. The predicted molar refractivity (Wildman–Crippen MR) is 117 cm³/mol. The van der Waals surface area contributed by atoms with Gasteiger partial charge in [0.15, 0.2) is 23.0 Å². The molecule has 1 N–H and O–H groups in total. The molecule has 3 rings (SSSR count). The van der Waals surface area contributed by atoms with Crippen LogP contribution in [0.4, 0.5) is 0 Å². The summed E-state index contributed by atoms with van der Waals surface area (Å²) in [6.07, 6.45) is 6.26. The first kappa shape index (κ1) is 21.4. The number of halogens is 1. The minimum absolute atomic E-state index is 0.000478. The molecule has 1 aliphatic heterocycles. The van der Waals surface area contributed by atoms with Crippen molar-refractivity contribution in [1.29, 1.82) is 0 Å². The summed E-state index contributed by atoms with van der Waals surface area (Å²) in [5, 5.41) is 3.61. The molecule has 0 saturated heterocycles. The van der Waals surface area contributed by atoms with Crippen LogP contribution in [0.25, 0.3) is 0 Å². The van der Waals surface area contributed by atoms with Crippen LogP contribution in [0, 0.1) is 12.3 Å². The Morgan fingerprint density at radius 3 is 2.45 bits per heavy atom. The van der Waals surface area contributed by atoms with E-state index < -0.39 is 0 Å². The van der Waals surface area contributed by atoms with Gasteiger partial charge in [-0.3, -0.25) is 0 Å². The Bertz CT molecular complexity index is 907. The molecule has 0 saturated carbocycles. The van der Waals surface area contributed by atoms with Gasteiger partial charge >= 0.3 is 0 Å². The Labute approximate surface area is 180 Å². The number of methoxy groups -OCH3 is 1. The van der Waals surface area contributed by atoms with Gasteiger partial charge in [0.05, 0.1) is 30.8 Å². The molecule has 154 valence electrons. The van der Waals surface area contributed by atoms with Gasteiger partial charge in [0.25, 0.3) is 0 Å². The van der Waals surface area contributed by atoms with Crippen LogP contribution < -0.4 is 24.3 Å². The third kappa shape index (κ3) is 4.63. The number of terminal acetylenes is 1. The van der Waals surface area contributed by atoms with Crippen molar-refractivity contribution in [3.63, 3.8) is 0 Å². The molecule has 1 aliphatic rings. The van der Waals surface area contributed by atoms with Crippen LogP contribution in [0.15, 0.2) is 28.7 Å². The van der Waals surface area contributed by atoms with Crippen molar-refractivity contribution >= 4 is 15.9 Å². The van der Waals surface area contributed by atoms with Gasteiger partial charge in [0, 0.05) is 6.54 Å². The molecule has 29 heavy (non-hydrogen) atoms. The molecule has 0 amide bonds. The van der Waals surface area contributed by atoms with Crippen molar-refractivity contribution in [1.82, 2.24) is 5.32 Å². The zero-order chi connectivity index (χ0) is 20.8. The van der Waals surface area contributed by atoms with E-state index in [0.717, 1.165) is 34.5 Å². The highest BCUT2D eigenvalue weighted by Gasteiger charge is 2.26. The maximum absolute atomic E-state index is 5.85. The first-order chi connectivity index (χ1) is 14.1. The van der Waals surface area contributed by atoms with Crippen LogP contribution in [0.2, 0.25) is 0 Å². The van der Waals surface area contributed by atoms with E-state index in [2.05, 4.69) is 39.3 Å². The maximum atomic E-state index is 5.85. The molecular weight excluding hydrogens is 434 g/mol. The zero-order valence-corrected chi connectivity index (χ0v) is 18.6. The molecule has 1 heterocycles. The second-order valence-corrected chi connectivity index (χ2v) is 7.38. The van der Waals surface area contributed by atoms with E-state index >= 15 is 0 Å². The standard InChI is InChI=1S/C23H26BrNO4/c1-5-10-29-23-18(24)11-16(13-21(23)26-4)22-17-14-20(28-7-3)19(27-6-2)12-15(17)8-9-25-22/h1,11-14,22,25H,6-10H2,2-4H3/t22-/m1/s1. The van der Waals surface area contributed by atoms with Crippen molar-refractivity contribution in [2.24, 2.45) is 0 Å². The van der Waals surface area contributed by atoms with Gasteiger partial charge in [0.2, 0.25) is 0 Å². The fraction of sp³-hybridized carbons (Fsp3) is 0.391. The van der Waals surface area contributed by atoms with Gasteiger partial charge < -0.3 is 24.3 Å². The number of fused-ring (bicyclic) bond motifs is 1. The van der Waals surface area contributed by atoms with Crippen LogP contribution >= 0.6 is 15.9 Å². The van der Waals surface area contributed by atoms with Gasteiger partial charge in [-0.25, -0.2) is 0 Å². The normalized spacial score (nSPS) is 15.2. The van der Waals surface area contributed by atoms with Crippen molar-refractivity contribution in [3.05, 3.63) is 45.4 Å². The van der Waals surface area contributed by atoms with E-state index in [1.807, 2.05) is 26.0 Å². The van der Waals surface area contributed by atoms with Gasteiger partial charge in [-0.1, -0.05) is 5.92 Å². The average molecular weight is 460 g/mol. The smallest absolute Gasteiger partial charge is 0.176 e. The highest BCUT2D eigenvalue weighted by molar-refractivity contribution is 9.10. The number of ether oxygens (including phenoxy) is 4. The number of hydrogen-bond acceptors (Lipinski definition) is 5. The van der Waals surface area contributed by atoms with Crippen LogP contribution in [0.3, 0.4) is 0 Å². The lowest BCUT2D eigenvalue weighted by molar-refractivity contribution is 0.286. The summed E-state index contributed by atoms with van der Waals surface area (Å²) in [6.45, 7) is 6.18. The third-order valence-electron chi connectivity index (χ3n) is 4.74. The summed E-state index contributed by atoms with van der Waals surface area (Å²) in [6, 6.07) is 8.22. The van der Waals surface area contributed by atoms with Crippen molar-refractivity contribution in [2.75, 3.05) is 33.5 Å². The second-order valence-electron chi connectivity index (χ2n) is 6.53. The number of nitrogens with one attached hydrogen (secondary N) is 1. The van der Waals surface area contributed by atoms with E-state index in [9.17, 15) is 0 Å². The van der Waals surface area contributed by atoms with E-state index in [0.29, 0.717) is 24.7 Å². The van der Waals surface area contributed by atoms with E-state index in [1.165, 1.54) is 11.1 Å². The monoisotopic (exact) mass is 459 g/mol. The predicted octanol–water partition coefficient (Wildman–Crippen LogP) is 4.50. The highest BCUT2D eigenvalue weighted by Crippen LogP contribution is 2.42. The molecule has 1 atom stereocenters. The van der Waals surface area contributed by atoms with Crippen LogP contribution in [0.1, 0.15) is 36.6 Å². The molecular formula is C23H26BrNO4. The summed E-state index contributed by atoms with van der Waals surface area (Å²) in [4.78, 5) is 0. The summed E-state index contributed by atoms with van der Waals surface area (Å²) in [7, 11) is 1.62. The summed E-state index contributed by atoms with van der Waals surface area (Å²) < 4.78 is 23.7. The van der Waals surface area contributed by atoms with Crippen LogP contribution in [0.5, 0.6) is 23.0 Å². The molecule has 0 fully saturated rings. The fourth-order valence-electron chi connectivity index (χ4n) is 3.56. The first-order valence-electron chi connectivity index (χ1n) is 9.72. The van der Waals surface area contributed by atoms with Gasteiger partial charge in [-0.2, -0.15) is 0 Å². The van der Waals surface area contributed by atoms with Crippen molar-refractivity contribution in [3.8, 4) is 35.3 Å². The molecule has 2 aromatic rings. The van der Waals surface area contributed by atoms with Crippen LogP contribution in [-0.2, 0) is 6.42 Å². The molecule has 0 aliphatic carbocycles. The molecule has 6 heteroatoms. The Balaban J connectivity index is 2.05. The average Bonchev–Trinajstić information content (AvgIpc) is 2.72. The maximum Gasteiger partial charge on any atom is 0.176 e. The first-order valence-corrected chi connectivity index (χ1v) is 10.5. The van der Waals surface area contributed by atoms with E-state index in [1.54, 1.807) is 7.11 Å². The molecule has 0 aromatic heterocycles. The van der Waals surface area contributed by atoms with E-state index in [4.69, 9.17) is 25.4 Å². The largest absolute Gasteiger partial charge is 0.493 e. The van der Waals surface area contributed by atoms with Crippen LogP contribution in [-0.4, -0.2) is 33.5 Å². The van der Waals surface area contributed by atoms with Crippen molar-refractivity contribution < 1.29 is 18.9 Å². The molecule has 2 aromatic carbocycles. The van der Waals surface area contributed by atoms with E-state index in [-0.39, 0.29) is 12.6 Å². The minimum Gasteiger partial charge on any atom is -0.493 e. The molecule has 5 nitrogen and oxygen atoms in total. The lowest BCUT2D eigenvalue weighted by atomic mass is 9.89. The number of benzene rings is 2. The second kappa shape index (κ2) is 9.91. The van der Waals surface area contributed by atoms with Gasteiger partial charge in [-0.05, 0) is 77.2 Å². The van der Waals surface area contributed by atoms with Gasteiger partial charge in [-0.15, -0.1) is 6.42 Å². The Morgan fingerprint density at radius 2 is 1.79 bits per heavy atom. The van der Waals surface area contributed by atoms with Crippen molar-refractivity contribution in [2.45, 2.75) is 26.3 Å². The fourth-order valence-corrected chi connectivity index (χ4v) is 4.13. The highest BCUT2D eigenvalue weighted by atomic mass is 79.9. The lowest BCUT2D eigenvalue weighted by Gasteiger charge is -2.29. The molecule has 0 spiro atoms.